The van der Waals surface area contributed by atoms with Gasteiger partial charge in [0.1, 0.15) is 5.69 Å². The number of aromatic nitrogens is 2. The van der Waals surface area contributed by atoms with E-state index in [0.29, 0.717) is 0 Å². The minimum Gasteiger partial charge on any atom is -0.461 e. The fourth-order valence-electron chi connectivity index (χ4n) is 0.950. The number of hydrogen-bond donors (Lipinski definition) is 0. The van der Waals surface area contributed by atoms with Gasteiger partial charge in [-0.1, -0.05) is 0 Å². The summed E-state index contributed by atoms with van der Waals surface area (Å²) in [4.78, 5) is 19.2. The molecule has 4 heteroatoms. The Labute approximate surface area is 74.2 Å². The van der Waals surface area contributed by atoms with Crippen LogP contribution in [0.5, 0.6) is 0 Å². The second-order valence-electron chi connectivity index (χ2n) is 2.40. The normalized spacial score (nSPS) is 9.85. The number of carbonyl (C=O) groups is 1. The van der Waals surface area contributed by atoms with Crippen molar-refractivity contribution in [2.24, 2.45) is 0 Å². The summed E-state index contributed by atoms with van der Waals surface area (Å²) in [7, 11) is 0. The Morgan fingerprint density at radius 2 is 2.31 bits per heavy atom. The summed E-state index contributed by atoms with van der Waals surface area (Å²) in [5.41, 5.74) is 0.289. The van der Waals surface area contributed by atoms with Crippen LogP contribution in [-0.2, 0) is 0 Å². The maximum atomic E-state index is 11.5. The molecular formula is C9H6N2O2. The van der Waals surface area contributed by atoms with E-state index >= 15 is 0 Å². The van der Waals surface area contributed by atoms with Gasteiger partial charge in [0.25, 0.3) is 0 Å². The second kappa shape index (κ2) is 3.18. The number of carbonyl (C=O) groups excluding carboxylic acids is 1. The molecule has 4 nitrogen and oxygen atoms in total. The molecule has 64 valence electrons. The first-order chi connectivity index (χ1) is 6.38. The molecule has 0 spiro atoms. The molecule has 0 amide bonds. The molecule has 0 aliphatic carbocycles. The van der Waals surface area contributed by atoms with Crippen molar-refractivity contribution >= 4 is 5.78 Å². The Morgan fingerprint density at radius 1 is 1.38 bits per heavy atom. The summed E-state index contributed by atoms with van der Waals surface area (Å²) in [6, 6.07) is 3.25. The lowest BCUT2D eigenvalue weighted by molar-refractivity contribution is 0.100. The third-order valence-electron chi connectivity index (χ3n) is 1.54. The molecule has 0 fully saturated rings. The van der Waals surface area contributed by atoms with Crippen LogP contribution in [0.1, 0.15) is 16.2 Å². The summed E-state index contributed by atoms with van der Waals surface area (Å²) in [6.45, 7) is 0. The minimum absolute atomic E-state index is 0.252. The molecule has 2 rings (SSSR count). The lowest BCUT2D eigenvalue weighted by Crippen LogP contribution is -2.02. The van der Waals surface area contributed by atoms with Crippen LogP contribution in [0.2, 0.25) is 0 Å². The smallest absolute Gasteiger partial charge is 0.248 e. The van der Waals surface area contributed by atoms with Crippen molar-refractivity contribution in [2.45, 2.75) is 0 Å². The van der Waals surface area contributed by atoms with Crippen LogP contribution in [0.3, 0.4) is 0 Å². The second-order valence-corrected chi connectivity index (χ2v) is 2.40. The van der Waals surface area contributed by atoms with E-state index in [9.17, 15) is 4.79 Å². The van der Waals surface area contributed by atoms with Gasteiger partial charge < -0.3 is 4.42 Å². The number of hydrogen-bond acceptors (Lipinski definition) is 4. The van der Waals surface area contributed by atoms with Crippen molar-refractivity contribution in [1.29, 1.82) is 0 Å². The highest BCUT2D eigenvalue weighted by molar-refractivity contribution is 6.05. The SMILES string of the molecule is O=C(c1cnccn1)c1ccco1. The van der Waals surface area contributed by atoms with Crippen LogP contribution >= 0.6 is 0 Å². The Hall–Kier alpha value is -1.97. The molecular weight excluding hydrogens is 168 g/mol. The molecule has 2 heterocycles. The third-order valence-corrected chi connectivity index (χ3v) is 1.54. The molecule has 0 saturated carbocycles. The Balaban J connectivity index is 2.34. The predicted octanol–water partition coefficient (Wildman–Crippen LogP) is 1.30. The van der Waals surface area contributed by atoms with Crippen molar-refractivity contribution in [3.63, 3.8) is 0 Å². The van der Waals surface area contributed by atoms with Gasteiger partial charge in [-0.15, -0.1) is 0 Å². The maximum absolute atomic E-state index is 11.5. The predicted molar refractivity (Wildman–Crippen MR) is 44.2 cm³/mol. The van der Waals surface area contributed by atoms with Crippen molar-refractivity contribution in [2.75, 3.05) is 0 Å². The van der Waals surface area contributed by atoms with Gasteiger partial charge in [0.05, 0.1) is 12.5 Å². The molecule has 2 aromatic heterocycles. The minimum atomic E-state index is -0.252. The number of rotatable bonds is 2. The summed E-state index contributed by atoms with van der Waals surface area (Å²) >= 11 is 0. The molecule has 0 unspecified atom stereocenters. The zero-order valence-electron chi connectivity index (χ0n) is 6.68. The highest BCUT2D eigenvalue weighted by atomic mass is 16.3. The van der Waals surface area contributed by atoms with Gasteiger partial charge in [0.15, 0.2) is 5.76 Å². The van der Waals surface area contributed by atoms with Crippen LogP contribution < -0.4 is 0 Å². The van der Waals surface area contributed by atoms with Crippen LogP contribution in [-0.4, -0.2) is 15.8 Å². The molecule has 0 radical (unpaired) electrons. The zero-order valence-corrected chi connectivity index (χ0v) is 6.68. The van der Waals surface area contributed by atoms with Crippen molar-refractivity contribution in [1.82, 2.24) is 9.97 Å². The first-order valence-corrected chi connectivity index (χ1v) is 3.72. The van der Waals surface area contributed by atoms with Crippen molar-refractivity contribution in [3.8, 4) is 0 Å². The molecule has 0 saturated heterocycles. The largest absolute Gasteiger partial charge is 0.461 e. The van der Waals surface area contributed by atoms with E-state index < -0.39 is 0 Å². The average Bonchev–Trinajstić information content (AvgIpc) is 2.71. The van der Waals surface area contributed by atoms with Crippen LogP contribution in [0, 0.1) is 0 Å². The van der Waals surface area contributed by atoms with Crippen molar-refractivity contribution < 1.29 is 9.21 Å². The highest BCUT2D eigenvalue weighted by Gasteiger charge is 2.12. The van der Waals surface area contributed by atoms with Crippen molar-refractivity contribution in [3.05, 3.63) is 48.4 Å². The quantitative estimate of drug-likeness (QED) is 0.644. The molecule has 0 bridgehead atoms. The topological polar surface area (TPSA) is 56.0 Å². The molecule has 0 atom stereocenters. The molecule has 0 N–H and O–H groups in total. The fourth-order valence-corrected chi connectivity index (χ4v) is 0.950. The van der Waals surface area contributed by atoms with E-state index in [4.69, 9.17) is 4.42 Å². The lowest BCUT2D eigenvalue weighted by atomic mass is 10.2. The van der Waals surface area contributed by atoms with E-state index in [1.54, 1.807) is 12.1 Å². The summed E-state index contributed by atoms with van der Waals surface area (Å²) in [5, 5.41) is 0. The lowest BCUT2D eigenvalue weighted by Gasteiger charge is -1.93. The van der Waals surface area contributed by atoms with E-state index in [2.05, 4.69) is 9.97 Å². The summed E-state index contributed by atoms with van der Waals surface area (Å²) < 4.78 is 4.93. The molecule has 0 aliphatic rings. The molecule has 0 aromatic carbocycles. The Morgan fingerprint density at radius 3 is 2.92 bits per heavy atom. The standard InChI is InChI=1S/C9H6N2O2/c12-9(8-2-1-5-13-8)7-6-10-3-4-11-7/h1-6H. The highest BCUT2D eigenvalue weighted by Crippen LogP contribution is 2.06. The number of furan rings is 1. The fraction of sp³-hybridized carbons (Fsp3) is 0. The van der Waals surface area contributed by atoms with Gasteiger partial charge in [-0.2, -0.15) is 0 Å². The van der Waals surface area contributed by atoms with Gasteiger partial charge in [-0.05, 0) is 12.1 Å². The molecule has 0 aliphatic heterocycles. The van der Waals surface area contributed by atoms with Gasteiger partial charge in [0, 0.05) is 12.4 Å². The summed E-state index contributed by atoms with van der Waals surface area (Å²) in [6.07, 6.45) is 5.84. The number of ketones is 1. The maximum Gasteiger partial charge on any atom is 0.248 e. The van der Waals surface area contributed by atoms with Gasteiger partial charge in [-0.25, -0.2) is 4.98 Å². The van der Waals surface area contributed by atoms with Gasteiger partial charge in [-0.3, -0.25) is 9.78 Å². The zero-order chi connectivity index (χ0) is 9.10. The van der Waals surface area contributed by atoms with E-state index in [1.165, 1.54) is 24.9 Å². The first-order valence-electron chi connectivity index (χ1n) is 3.72. The Kier molecular flexibility index (Phi) is 1.88. The van der Waals surface area contributed by atoms with Crippen LogP contribution in [0.4, 0.5) is 0 Å². The van der Waals surface area contributed by atoms with Gasteiger partial charge in [0.2, 0.25) is 5.78 Å². The third kappa shape index (κ3) is 1.46. The molecule has 13 heavy (non-hydrogen) atoms. The van der Waals surface area contributed by atoms with E-state index in [1.807, 2.05) is 0 Å². The Bertz CT molecular complexity index is 395. The number of nitrogens with zero attached hydrogens (tertiary/aromatic N) is 2. The monoisotopic (exact) mass is 174 g/mol. The molecule has 2 aromatic rings. The van der Waals surface area contributed by atoms with E-state index in [0.717, 1.165) is 0 Å². The van der Waals surface area contributed by atoms with Gasteiger partial charge >= 0.3 is 0 Å². The van der Waals surface area contributed by atoms with E-state index in [-0.39, 0.29) is 17.2 Å². The summed E-state index contributed by atoms with van der Waals surface area (Å²) in [5.74, 6) is 0.0265. The first kappa shape index (κ1) is 7.67. The average molecular weight is 174 g/mol. The van der Waals surface area contributed by atoms with Crippen LogP contribution in [0.25, 0.3) is 0 Å². The van der Waals surface area contributed by atoms with Crippen LogP contribution in [0.15, 0.2) is 41.4 Å².